The Morgan fingerprint density at radius 2 is 0.768 bits per heavy atom. The number of benzene rings is 8. The molecular formula is C51H31N5. The van der Waals surface area contributed by atoms with Gasteiger partial charge in [-0.15, -0.1) is 0 Å². The van der Waals surface area contributed by atoms with Crippen molar-refractivity contribution in [1.29, 1.82) is 0 Å². The van der Waals surface area contributed by atoms with E-state index in [1.54, 1.807) is 0 Å². The molecule has 0 N–H and O–H groups in total. The van der Waals surface area contributed by atoms with Crippen molar-refractivity contribution >= 4 is 43.6 Å². The van der Waals surface area contributed by atoms with Crippen LogP contribution in [0.3, 0.4) is 0 Å². The minimum Gasteiger partial charge on any atom is -0.309 e. The van der Waals surface area contributed by atoms with Gasteiger partial charge in [-0.1, -0.05) is 127 Å². The van der Waals surface area contributed by atoms with Gasteiger partial charge in [-0.25, -0.2) is 15.0 Å². The quantitative estimate of drug-likeness (QED) is 0.182. The zero-order chi connectivity index (χ0) is 36.7. The van der Waals surface area contributed by atoms with Crippen LogP contribution in [-0.4, -0.2) is 24.1 Å². The summed E-state index contributed by atoms with van der Waals surface area (Å²) in [6, 6.07) is 66.7. The Labute approximate surface area is 322 Å². The molecule has 1 aliphatic rings. The second kappa shape index (κ2) is 11.9. The highest BCUT2D eigenvalue weighted by atomic mass is 15.0. The maximum Gasteiger partial charge on any atom is 0.164 e. The fraction of sp³-hybridized carbons (Fsp3) is 0. The summed E-state index contributed by atoms with van der Waals surface area (Å²) < 4.78 is 4.77. The van der Waals surface area contributed by atoms with Crippen molar-refractivity contribution in [2.45, 2.75) is 0 Å². The van der Waals surface area contributed by atoms with E-state index in [1.165, 1.54) is 60.3 Å². The fourth-order valence-corrected chi connectivity index (χ4v) is 8.84. The Bertz CT molecular complexity index is 3300. The predicted octanol–water partition coefficient (Wildman–Crippen LogP) is 12.7. The molecule has 0 spiro atoms. The van der Waals surface area contributed by atoms with Gasteiger partial charge in [0.05, 0.1) is 27.8 Å². The number of nitrogens with zero attached hydrogens (tertiary/aromatic N) is 5. The van der Waals surface area contributed by atoms with Crippen LogP contribution < -0.4 is 0 Å². The fourth-order valence-electron chi connectivity index (χ4n) is 8.84. The molecule has 0 radical (unpaired) electrons. The highest BCUT2D eigenvalue weighted by Gasteiger charge is 2.25. The van der Waals surface area contributed by atoms with Gasteiger partial charge in [-0.2, -0.15) is 0 Å². The third-order valence-electron chi connectivity index (χ3n) is 11.3. The summed E-state index contributed by atoms with van der Waals surface area (Å²) in [6.45, 7) is 0. The number of hydrogen-bond donors (Lipinski definition) is 0. The SMILES string of the molecule is c1ccc(-c2nc(-c3ccc(-n4c5ccccc5c5ccccc54)cc3)nc(-c3ccc4c(c3)-c3ccccc3-c3cccc5c6ccccc6n-4c35)n2)cc1. The average molecular weight is 714 g/mol. The zero-order valence-electron chi connectivity index (χ0n) is 30.1. The first kappa shape index (κ1) is 30.8. The first-order valence-electron chi connectivity index (χ1n) is 19.0. The highest BCUT2D eigenvalue weighted by molar-refractivity contribution is 6.16. The molecule has 5 heteroatoms. The molecule has 0 saturated carbocycles. The summed E-state index contributed by atoms with van der Waals surface area (Å²) in [6.07, 6.45) is 0. The zero-order valence-corrected chi connectivity index (χ0v) is 30.1. The summed E-state index contributed by atoms with van der Waals surface area (Å²) in [4.78, 5) is 15.4. The molecule has 260 valence electrons. The first-order chi connectivity index (χ1) is 27.8. The number of aromatic nitrogens is 5. The minimum absolute atomic E-state index is 0.628. The topological polar surface area (TPSA) is 48.5 Å². The Morgan fingerprint density at radius 1 is 0.304 bits per heavy atom. The summed E-state index contributed by atoms with van der Waals surface area (Å²) >= 11 is 0. The van der Waals surface area contributed by atoms with Crippen molar-refractivity contribution in [3.8, 4) is 67.8 Å². The molecule has 8 aromatic carbocycles. The lowest BCUT2D eigenvalue weighted by atomic mass is 9.93. The maximum absolute atomic E-state index is 5.20. The van der Waals surface area contributed by atoms with Gasteiger partial charge in [-0.3, -0.25) is 0 Å². The lowest BCUT2D eigenvalue weighted by Crippen LogP contribution is -2.02. The first-order valence-corrected chi connectivity index (χ1v) is 19.0. The van der Waals surface area contributed by atoms with Crippen LogP contribution in [0.4, 0.5) is 0 Å². The summed E-state index contributed by atoms with van der Waals surface area (Å²) in [5.74, 6) is 1.89. The summed E-state index contributed by atoms with van der Waals surface area (Å²) in [7, 11) is 0. The largest absolute Gasteiger partial charge is 0.309 e. The van der Waals surface area contributed by atoms with Gasteiger partial charge < -0.3 is 9.13 Å². The smallest absolute Gasteiger partial charge is 0.164 e. The van der Waals surface area contributed by atoms with E-state index < -0.39 is 0 Å². The molecule has 0 atom stereocenters. The van der Waals surface area contributed by atoms with E-state index in [0.717, 1.165) is 33.6 Å². The number of para-hydroxylation sites is 4. The Kier molecular flexibility index (Phi) is 6.56. The Hall–Kier alpha value is -7.63. The molecule has 5 nitrogen and oxygen atoms in total. The third kappa shape index (κ3) is 4.52. The van der Waals surface area contributed by atoms with E-state index in [9.17, 15) is 0 Å². The molecule has 0 saturated heterocycles. The van der Waals surface area contributed by atoms with Crippen molar-refractivity contribution in [3.05, 3.63) is 188 Å². The van der Waals surface area contributed by atoms with Crippen LogP contribution >= 0.6 is 0 Å². The standard InChI is InChI=1S/C51H31N5/c1-2-13-32(14-3-1)49-52-50(33-25-28-35(29-26-33)55-44-22-9-6-17-38(44)39-18-7-10-23-45(39)55)54-51(53-49)34-27-30-47-43(31-34)37-16-5-4-15-36(37)41-20-12-21-42-40-19-8-11-24-46(40)56(47)48(41)42/h1-31H. The van der Waals surface area contributed by atoms with Crippen LogP contribution in [0.15, 0.2) is 188 Å². The predicted molar refractivity (Wildman–Crippen MR) is 229 cm³/mol. The van der Waals surface area contributed by atoms with E-state index in [1.807, 2.05) is 18.2 Å². The molecule has 11 aromatic rings. The highest BCUT2D eigenvalue weighted by Crippen LogP contribution is 2.47. The van der Waals surface area contributed by atoms with E-state index in [0.29, 0.717) is 17.5 Å². The average Bonchev–Trinajstić information content (AvgIpc) is 3.75. The Balaban J connectivity index is 1.04. The number of rotatable bonds is 4. The van der Waals surface area contributed by atoms with Gasteiger partial charge in [0.1, 0.15) is 0 Å². The lowest BCUT2D eigenvalue weighted by Gasteiger charge is -2.15. The summed E-state index contributed by atoms with van der Waals surface area (Å²) in [5.41, 5.74) is 14.5. The van der Waals surface area contributed by atoms with Gasteiger partial charge in [0.15, 0.2) is 17.5 Å². The number of hydrogen-bond acceptors (Lipinski definition) is 3. The number of fused-ring (bicyclic) bond motifs is 11. The molecule has 56 heavy (non-hydrogen) atoms. The molecule has 0 unspecified atom stereocenters. The molecule has 0 amide bonds. The van der Waals surface area contributed by atoms with Crippen LogP contribution in [0.5, 0.6) is 0 Å². The molecule has 0 fully saturated rings. The van der Waals surface area contributed by atoms with Crippen molar-refractivity contribution in [2.75, 3.05) is 0 Å². The second-order valence-corrected chi connectivity index (χ2v) is 14.4. The second-order valence-electron chi connectivity index (χ2n) is 14.4. The van der Waals surface area contributed by atoms with Crippen molar-refractivity contribution < 1.29 is 0 Å². The molecule has 4 heterocycles. The van der Waals surface area contributed by atoms with E-state index in [-0.39, 0.29) is 0 Å². The van der Waals surface area contributed by atoms with E-state index in [2.05, 4.69) is 179 Å². The van der Waals surface area contributed by atoms with Crippen LogP contribution in [0, 0.1) is 0 Å². The van der Waals surface area contributed by atoms with Crippen molar-refractivity contribution in [2.24, 2.45) is 0 Å². The molecule has 12 rings (SSSR count). The normalized spacial score (nSPS) is 11.9. The van der Waals surface area contributed by atoms with Crippen LogP contribution in [0.2, 0.25) is 0 Å². The van der Waals surface area contributed by atoms with Crippen LogP contribution in [0.25, 0.3) is 111 Å². The Morgan fingerprint density at radius 3 is 1.43 bits per heavy atom. The van der Waals surface area contributed by atoms with E-state index >= 15 is 0 Å². The van der Waals surface area contributed by atoms with Gasteiger partial charge in [-0.05, 0) is 71.8 Å². The van der Waals surface area contributed by atoms with Crippen LogP contribution in [0.1, 0.15) is 0 Å². The minimum atomic E-state index is 0.628. The third-order valence-corrected chi connectivity index (χ3v) is 11.3. The van der Waals surface area contributed by atoms with E-state index in [4.69, 9.17) is 15.0 Å². The van der Waals surface area contributed by atoms with Gasteiger partial charge in [0.2, 0.25) is 0 Å². The maximum atomic E-state index is 5.20. The molecule has 0 bridgehead atoms. The van der Waals surface area contributed by atoms with Gasteiger partial charge in [0.25, 0.3) is 0 Å². The molecule has 1 aliphatic heterocycles. The monoisotopic (exact) mass is 713 g/mol. The molecular weight excluding hydrogens is 683 g/mol. The van der Waals surface area contributed by atoms with Crippen molar-refractivity contribution in [1.82, 2.24) is 24.1 Å². The summed E-state index contributed by atoms with van der Waals surface area (Å²) in [5, 5.41) is 4.98. The van der Waals surface area contributed by atoms with Crippen molar-refractivity contribution in [3.63, 3.8) is 0 Å². The molecule has 0 aliphatic carbocycles. The van der Waals surface area contributed by atoms with Gasteiger partial charge >= 0.3 is 0 Å². The lowest BCUT2D eigenvalue weighted by molar-refractivity contribution is 1.07. The van der Waals surface area contributed by atoms with Crippen LogP contribution in [-0.2, 0) is 0 Å². The molecule has 3 aromatic heterocycles. The van der Waals surface area contributed by atoms with Gasteiger partial charge in [0, 0.05) is 55.0 Å².